The second-order valence-corrected chi connectivity index (χ2v) is 8.40. The standard InChI is InChI=1S/C18H21N3O3S/c1-25(23,24)16-4-2-14(3-5-16)12-18(22)21-10-7-15(8-11-21)17-6-9-19-13-20-17/h2-6,9,13,15H,7-8,10-12H2,1H3. The van der Waals surface area contributed by atoms with Crippen LogP contribution in [0, 0.1) is 0 Å². The smallest absolute Gasteiger partial charge is 0.226 e. The Labute approximate surface area is 147 Å². The summed E-state index contributed by atoms with van der Waals surface area (Å²) in [5.41, 5.74) is 1.87. The van der Waals surface area contributed by atoms with Crippen LogP contribution < -0.4 is 0 Å². The van der Waals surface area contributed by atoms with Crippen LogP contribution in [0.1, 0.15) is 30.0 Å². The Hall–Kier alpha value is -2.28. The van der Waals surface area contributed by atoms with Gasteiger partial charge >= 0.3 is 0 Å². The zero-order chi connectivity index (χ0) is 17.9. The van der Waals surface area contributed by atoms with Gasteiger partial charge in [-0.25, -0.2) is 18.4 Å². The Morgan fingerprint density at radius 1 is 1.16 bits per heavy atom. The van der Waals surface area contributed by atoms with Crippen molar-refractivity contribution >= 4 is 15.7 Å². The van der Waals surface area contributed by atoms with Crippen molar-refractivity contribution in [3.63, 3.8) is 0 Å². The average Bonchev–Trinajstić information content (AvgIpc) is 2.62. The number of benzene rings is 1. The Balaban J connectivity index is 1.56. The first-order chi connectivity index (χ1) is 11.9. The lowest BCUT2D eigenvalue weighted by atomic mass is 9.93. The molecule has 0 unspecified atom stereocenters. The van der Waals surface area contributed by atoms with Crippen molar-refractivity contribution in [2.45, 2.75) is 30.1 Å². The minimum Gasteiger partial charge on any atom is -0.342 e. The lowest BCUT2D eigenvalue weighted by Crippen LogP contribution is -2.38. The molecule has 0 atom stereocenters. The van der Waals surface area contributed by atoms with Gasteiger partial charge in [0.1, 0.15) is 6.33 Å². The summed E-state index contributed by atoms with van der Waals surface area (Å²) >= 11 is 0. The van der Waals surface area contributed by atoms with Gasteiger partial charge in [0, 0.05) is 37.2 Å². The molecule has 1 aromatic heterocycles. The Kier molecular flexibility index (Phi) is 5.13. The van der Waals surface area contributed by atoms with Gasteiger partial charge in [0.15, 0.2) is 9.84 Å². The fraction of sp³-hybridized carbons (Fsp3) is 0.389. The molecule has 0 N–H and O–H groups in total. The Morgan fingerprint density at radius 3 is 2.40 bits per heavy atom. The maximum absolute atomic E-state index is 12.5. The van der Waals surface area contributed by atoms with Crippen LogP contribution in [0.5, 0.6) is 0 Å². The quantitative estimate of drug-likeness (QED) is 0.832. The molecule has 1 saturated heterocycles. The van der Waals surface area contributed by atoms with Crippen molar-refractivity contribution < 1.29 is 13.2 Å². The van der Waals surface area contributed by atoms with Crippen molar-refractivity contribution in [2.24, 2.45) is 0 Å². The predicted molar refractivity (Wildman–Crippen MR) is 93.8 cm³/mol. The molecule has 0 saturated carbocycles. The van der Waals surface area contributed by atoms with Gasteiger partial charge in [-0.3, -0.25) is 4.79 Å². The van der Waals surface area contributed by atoms with E-state index >= 15 is 0 Å². The van der Waals surface area contributed by atoms with Crippen molar-refractivity contribution in [1.82, 2.24) is 14.9 Å². The summed E-state index contributed by atoms with van der Waals surface area (Å²) in [6, 6.07) is 8.47. The van der Waals surface area contributed by atoms with Crippen LogP contribution in [0.3, 0.4) is 0 Å². The van der Waals surface area contributed by atoms with Crippen LogP contribution in [-0.4, -0.2) is 48.5 Å². The summed E-state index contributed by atoms with van der Waals surface area (Å²) in [4.78, 5) is 22.9. The molecule has 1 fully saturated rings. The van der Waals surface area contributed by atoms with E-state index in [4.69, 9.17) is 0 Å². The number of hydrogen-bond acceptors (Lipinski definition) is 5. The minimum atomic E-state index is -3.21. The third-order valence-electron chi connectivity index (χ3n) is 4.58. The molecular formula is C18H21N3O3S. The number of aromatic nitrogens is 2. The molecule has 0 spiro atoms. The van der Waals surface area contributed by atoms with E-state index in [1.165, 1.54) is 6.26 Å². The number of hydrogen-bond donors (Lipinski definition) is 0. The molecule has 1 amide bonds. The maximum Gasteiger partial charge on any atom is 0.226 e. The molecule has 1 aromatic carbocycles. The van der Waals surface area contributed by atoms with Crippen LogP contribution >= 0.6 is 0 Å². The second-order valence-electron chi connectivity index (χ2n) is 6.38. The first-order valence-electron chi connectivity index (χ1n) is 8.26. The summed E-state index contributed by atoms with van der Waals surface area (Å²) in [5, 5.41) is 0. The van der Waals surface area contributed by atoms with E-state index in [0.717, 1.165) is 37.2 Å². The van der Waals surface area contributed by atoms with Crippen LogP contribution in [0.4, 0.5) is 0 Å². The van der Waals surface area contributed by atoms with Crippen molar-refractivity contribution in [3.8, 4) is 0 Å². The molecule has 6 nitrogen and oxygen atoms in total. The summed E-state index contributed by atoms with van der Waals surface area (Å²) in [6.07, 6.45) is 6.58. The van der Waals surface area contributed by atoms with Gasteiger partial charge in [-0.1, -0.05) is 12.1 Å². The van der Waals surface area contributed by atoms with E-state index in [1.807, 2.05) is 11.0 Å². The molecule has 1 aliphatic heterocycles. The minimum absolute atomic E-state index is 0.0771. The lowest BCUT2D eigenvalue weighted by Gasteiger charge is -2.31. The Morgan fingerprint density at radius 2 is 1.84 bits per heavy atom. The van der Waals surface area contributed by atoms with Gasteiger partial charge < -0.3 is 4.90 Å². The molecule has 0 radical (unpaired) electrons. The molecule has 0 bridgehead atoms. The summed E-state index contributed by atoms with van der Waals surface area (Å²) in [7, 11) is -3.21. The first-order valence-corrected chi connectivity index (χ1v) is 10.2. The highest BCUT2D eigenvalue weighted by Gasteiger charge is 2.24. The summed E-state index contributed by atoms with van der Waals surface area (Å²) in [5.74, 6) is 0.453. The van der Waals surface area contributed by atoms with E-state index in [-0.39, 0.29) is 10.8 Å². The summed E-state index contributed by atoms with van der Waals surface area (Å²) < 4.78 is 23.0. The number of amides is 1. The second kappa shape index (κ2) is 7.31. The number of likely N-dealkylation sites (tertiary alicyclic amines) is 1. The fourth-order valence-corrected chi connectivity index (χ4v) is 3.74. The summed E-state index contributed by atoms with van der Waals surface area (Å²) in [6.45, 7) is 1.43. The molecule has 1 aliphatic rings. The topological polar surface area (TPSA) is 80.2 Å². The highest BCUT2D eigenvalue weighted by atomic mass is 32.2. The van der Waals surface area contributed by atoms with Crippen molar-refractivity contribution in [1.29, 1.82) is 0 Å². The van der Waals surface area contributed by atoms with Gasteiger partial charge in [0.2, 0.25) is 5.91 Å². The van der Waals surface area contributed by atoms with E-state index in [0.29, 0.717) is 12.3 Å². The van der Waals surface area contributed by atoms with E-state index in [1.54, 1.807) is 36.8 Å². The van der Waals surface area contributed by atoms with Crippen LogP contribution in [0.15, 0.2) is 47.8 Å². The van der Waals surface area contributed by atoms with Gasteiger partial charge in [-0.2, -0.15) is 0 Å². The zero-order valence-electron chi connectivity index (χ0n) is 14.1. The van der Waals surface area contributed by atoms with Crippen molar-refractivity contribution in [2.75, 3.05) is 19.3 Å². The number of rotatable bonds is 4. The normalized spacial score (nSPS) is 16.0. The molecule has 7 heteroatoms. The third-order valence-corrected chi connectivity index (χ3v) is 5.71. The third kappa shape index (κ3) is 4.42. The molecule has 0 aliphatic carbocycles. The SMILES string of the molecule is CS(=O)(=O)c1ccc(CC(=O)N2CCC(c3ccncn3)CC2)cc1. The predicted octanol–water partition coefficient (Wildman–Crippen LogP) is 1.83. The highest BCUT2D eigenvalue weighted by molar-refractivity contribution is 7.90. The van der Waals surface area contributed by atoms with E-state index in [2.05, 4.69) is 9.97 Å². The monoisotopic (exact) mass is 359 g/mol. The van der Waals surface area contributed by atoms with Crippen LogP contribution in [0.2, 0.25) is 0 Å². The number of sulfone groups is 1. The molecule has 25 heavy (non-hydrogen) atoms. The zero-order valence-corrected chi connectivity index (χ0v) is 14.9. The van der Waals surface area contributed by atoms with Gasteiger partial charge in [0.05, 0.1) is 11.3 Å². The maximum atomic E-state index is 12.5. The molecular weight excluding hydrogens is 338 g/mol. The molecule has 132 valence electrons. The molecule has 2 aromatic rings. The average molecular weight is 359 g/mol. The molecule has 2 heterocycles. The van der Waals surface area contributed by atoms with Crippen LogP contribution in [0.25, 0.3) is 0 Å². The highest BCUT2D eigenvalue weighted by Crippen LogP contribution is 2.26. The fourth-order valence-electron chi connectivity index (χ4n) is 3.11. The largest absolute Gasteiger partial charge is 0.342 e. The molecule has 3 rings (SSSR count). The number of carbonyl (C=O) groups excluding carboxylic acids is 1. The Bertz CT molecular complexity index is 828. The van der Waals surface area contributed by atoms with Gasteiger partial charge in [0.25, 0.3) is 0 Å². The van der Waals surface area contributed by atoms with Gasteiger partial charge in [-0.05, 0) is 36.6 Å². The van der Waals surface area contributed by atoms with E-state index in [9.17, 15) is 13.2 Å². The number of piperidine rings is 1. The van der Waals surface area contributed by atoms with E-state index < -0.39 is 9.84 Å². The lowest BCUT2D eigenvalue weighted by molar-refractivity contribution is -0.131. The number of carbonyl (C=O) groups is 1. The van der Waals surface area contributed by atoms with Crippen LogP contribution in [-0.2, 0) is 21.1 Å². The first kappa shape index (κ1) is 17.5. The number of nitrogens with zero attached hydrogens (tertiary/aromatic N) is 3. The van der Waals surface area contributed by atoms with Crippen molar-refractivity contribution in [3.05, 3.63) is 54.1 Å². The van der Waals surface area contributed by atoms with Gasteiger partial charge in [-0.15, -0.1) is 0 Å².